The molecule has 0 aliphatic rings. The van der Waals surface area contributed by atoms with E-state index in [4.69, 9.17) is 17.8 Å². The molecule has 9 rings (SSSR count). The summed E-state index contributed by atoms with van der Waals surface area (Å²) >= 11 is 0. The minimum atomic E-state index is -2.22. The minimum absolute atomic E-state index is 0. The van der Waals surface area contributed by atoms with Crippen molar-refractivity contribution in [1.29, 1.82) is 0 Å². The Hall–Kier alpha value is -7.23. The van der Waals surface area contributed by atoms with Crippen LogP contribution in [0.25, 0.3) is 67.2 Å². The first-order chi connectivity index (χ1) is 40.3. The molecule has 0 radical (unpaired) electrons. The first kappa shape index (κ1) is 48.9. The second-order valence-electron chi connectivity index (χ2n) is 20.5. The number of benzene rings is 6. The van der Waals surface area contributed by atoms with Crippen molar-refractivity contribution >= 4 is 0 Å². The van der Waals surface area contributed by atoms with Crippen molar-refractivity contribution in [3.63, 3.8) is 0 Å². The summed E-state index contributed by atoms with van der Waals surface area (Å²) in [6.45, 7) is 12.7. The third-order valence-electron chi connectivity index (χ3n) is 13.5. The highest BCUT2D eigenvalue weighted by Gasteiger charge is 2.21. The molecule has 0 unspecified atom stereocenters. The van der Waals surface area contributed by atoms with Gasteiger partial charge < -0.3 is 0 Å². The Morgan fingerprint density at radius 1 is 0.380 bits per heavy atom. The van der Waals surface area contributed by atoms with Crippen molar-refractivity contribution < 1.29 is 31.5 Å². The van der Waals surface area contributed by atoms with Crippen LogP contribution in [-0.2, 0) is 40.3 Å². The zero-order chi connectivity index (χ0) is 64.5. The molecule has 0 saturated heterocycles. The average Bonchev–Trinajstić information content (AvgIpc) is 0.791. The second-order valence-corrected chi connectivity index (χ2v) is 20.5. The van der Waals surface area contributed by atoms with Crippen LogP contribution in [0.1, 0.15) is 151 Å². The van der Waals surface area contributed by atoms with Crippen LogP contribution in [0, 0.1) is 60.6 Å². The van der Waals surface area contributed by atoms with Crippen LogP contribution in [0.2, 0.25) is 0 Å². The SMILES string of the molecule is C.C.C.C.C.[2H]C([2H])([2H])c1cc(C)c(-c2cc(C)c(C([2H])([2H])C)c[n+]2C)cc1-c1ccccc1.[2H]C([2H])([2H])c1cc(C)c(-c2cc(C)c(CC)c[n+]2C)cc1-c1ccccc1.[2H]C([2H])([2H])c1cc(C)c(-c2ccc(C([2H])([2H])C(C)(C)C)c[n+]2C)cc1-c1ccccc1. The molecule has 0 saturated carbocycles. The van der Waals surface area contributed by atoms with Gasteiger partial charge in [0.2, 0.25) is 17.1 Å². The summed E-state index contributed by atoms with van der Waals surface area (Å²) < 4.78 is 111. The Bertz CT molecular complexity index is 3930. The molecule has 0 spiro atoms. The monoisotopic (exact) mass is 1070 g/mol. The van der Waals surface area contributed by atoms with Gasteiger partial charge in [-0.1, -0.05) is 181 Å². The fourth-order valence-electron chi connectivity index (χ4n) is 9.64. The number of aromatic nitrogens is 3. The molecular formula is C76H102N3+3. The van der Waals surface area contributed by atoms with Crippen molar-refractivity contribution in [2.45, 2.75) is 146 Å². The first-order valence-corrected chi connectivity index (χ1v) is 25.5. The quantitative estimate of drug-likeness (QED) is 0.128. The molecule has 0 amide bonds. The van der Waals surface area contributed by atoms with E-state index in [9.17, 15) is 0 Å². The van der Waals surface area contributed by atoms with Gasteiger partial charge in [0.05, 0.1) is 0 Å². The number of aryl methyl sites for hydroxylation is 13. The maximum Gasteiger partial charge on any atom is 0.212 e. The van der Waals surface area contributed by atoms with Crippen molar-refractivity contribution in [3.05, 3.63) is 231 Å². The van der Waals surface area contributed by atoms with Crippen LogP contribution in [0.4, 0.5) is 0 Å². The van der Waals surface area contributed by atoms with Gasteiger partial charge in [-0.05, 0) is 182 Å². The van der Waals surface area contributed by atoms with Crippen LogP contribution in [0.3, 0.4) is 0 Å². The van der Waals surface area contributed by atoms with Crippen LogP contribution in [-0.4, -0.2) is 0 Å². The third-order valence-corrected chi connectivity index (χ3v) is 13.5. The molecule has 6 aromatic carbocycles. The second kappa shape index (κ2) is 29.7. The van der Waals surface area contributed by atoms with Gasteiger partial charge in [-0.25, -0.2) is 13.7 Å². The summed E-state index contributed by atoms with van der Waals surface area (Å²) in [4.78, 5) is 0. The number of pyridine rings is 3. The molecule has 3 nitrogen and oxygen atoms in total. The predicted octanol–water partition coefficient (Wildman–Crippen LogP) is 19.9. The van der Waals surface area contributed by atoms with E-state index in [0.29, 0.717) is 38.9 Å². The zero-order valence-electron chi connectivity index (χ0n) is 58.7. The molecule has 79 heavy (non-hydrogen) atoms. The van der Waals surface area contributed by atoms with Crippen molar-refractivity contribution in [2.75, 3.05) is 0 Å². The van der Waals surface area contributed by atoms with E-state index >= 15 is 0 Å². The van der Waals surface area contributed by atoms with Gasteiger partial charge in [-0.2, -0.15) is 0 Å². The lowest BCUT2D eigenvalue weighted by Crippen LogP contribution is -2.32. The summed E-state index contributed by atoms with van der Waals surface area (Å²) in [7, 11) is 5.84. The summed E-state index contributed by atoms with van der Waals surface area (Å²) in [5.41, 5.74) is 18.6. The van der Waals surface area contributed by atoms with Gasteiger partial charge in [0.25, 0.3) is 0 Å². The van der Waals surface area contributed by atoms with Crippen molar-refractivity contribution in [1.82, 2.24) is 0 Å². The average molecular weight is 1070 g/mol. The van der Waals surface area contributed by atoms with Gasteiger partial charge in [0.1, 0.15) is 21.1 Å². The van der Waals surface area contributed by atoms with E-state index < -0.39 is 38.7 Å². The topological polar surface area (TPSA) is 11.6 Å². The van der Waals surface area contributed by atoms with Crippen molar-refractivity contribution in [3.8, 4) is 67.2 Å². The van der Waals surface area contributed by atoms with Crippen LogP contribution >= 0.6 is 0 Å². The molecule has 418 valence electrons. The number of hydrogen-bond acceptors (Lipinski definition) is 0. The van der Waals surface area contributed by atoms with E-state index in [1.54, 1.807) is 19.1 Å². The van der Waals surface area contributed by atoms with Gasteiger partial charge in [0, 0.05) is 69.4 Å². The molecule has 9 aromatic rings. The third kappa shape index (κ3) is 16.4. The predicted molar refractivity (Wildman–Crippen MR) is 349 cm³/mol. The number of hydrogen-bond donors (Lipinski definition) is 0. The van der Waals surface area contributed by atoms with Gasteiger partial charge in [-0.3, -0.25) is 0 Å². The molecule has 0 atom stereocenters. The normalized spacial score (nSPS) is 13.7. The summed E-state index contributed by atoms with van der Waals surface area (Å²) in [6.07, 6.45) is 3.90. The molecule has 0 bridgehead atoms. The van der Waals surface area contributed by atoms with Gasteiger partial charge >= 0.3 is 0 Å². The fraction of sp³-hybridized carbons (Fsp3) is 0.329. The zero-order valence-corrected chi connectivity index (χ0v) is 45.7. The smallest absolute Gasteiger partial charge is 0.201 e. The molecule has 0 fully saturated rings. The Labute approximate surface area is 501 Å². The van der Waals surface area contributed by atoms with Gasteiger partial charge in [0.15, 0.2) is 18.6 Å². The number of rotatable bonds is 9. The van der Waals surface area contributed by atoms with Crippen LogP contribution in [0.5, 0.6) is 0 Å². The number of nitrogens with zero attached hydrogens (tertiary/aromatic N) is 3. The minimum Gasteiger partial charge on any atom is -0.201 e. The van der Waals surface area contributed by atoms with E-state index in [1.165, 1.54) is 11.1 Å². The fourth-order valence-corrected chi connectivity index (χ4v) is 9.64. The summed E-state index contributed by atoms with van der Waals surface area (Å²) in [5, 5.41) is 0. The Kier molecular flexibility index (Phi) is 18.3. The van der Waals surface area contributed by atoms with E-state index in [-0.39, 0.29) is 37.1 Å². The maximum absolute atomic E-state index is 8.57. The molecule has 3 aromatic heterocycles. The van der Waals surface area contributed by atoms with E-state index in [1.807, 2.05) is 225 Å². The first-order valence-electron chi connectivity index (χ1n) is 32.0. The molecular weight excluding hydrogens is 955 g/mol. The Morgan fingerprint density at radius 3 is 1.05 bits per heavy atom. The van der Waals surface area contributed by atoms with Crippen LogP contribution in [0.15, 0.2) is 170 Å². The molecule has 0 N–H and O–H groups in total. The van der Waals surface area contributed by atoms with E-state index in [0.717, 1.165) is 84.7 Å². The van der Waals surface area contributed by atoms with Crippen LogP contribution < -0.4 is 13.7 Å². The highest BCUT2D eigenvalue weighted by molar-refractivity contribution is 5.78. The largest absolute Gasteiger partial charge is 0.212 e. The Balaban J connectivity index is 0.000000459. The lowest BCUT2D eigenvalue weighted by molar-refractivity contribution is -0.661. The molecule has 0 aliphatic heterocycles. The molecule has 0 aliphatic carbocycles. The van der Waals surface area contributed by atoms with Gasteiger partial charge in [-0.15, -0.1) is 0 Å². The summed E-state index contributed by atoms with van der Waals surface area (Å²) in [6, 6.07) is 48.1. The maximum atomic E-state index is 8.57. The highest BCUT2D eigenvalue weighted by atomic mass is 14.9. The highest BCUT2D eigenvalue weighted by Crippen LogP contribution is 2.35. The lowest BCUT2D eigenvalue weighted by atomic mass is 9.88. The van der Waals surface area contributed by atoms with E-state index in [2.05, 4.69) is 30.7 Å². The molecule has 3 heteroatoms. The standard InChI is InChI=1S/C25H30N.2C23H26N.5CH4/c1-18-14-19(2)23(15-22(18)21-10-8-7-9-11-21)24-13-12-20(17-26(24)6)16-25(3,4)5;2*1-6-19-15-24(5)23(13-16(19)2)22-14-21(17(3)12-18(22)4)20-10-8-7-9-11-20;;;;;/h7-15,17H,16H2,1-6H3;2*7-15H,6H2,1-5H3;5*1H4/q3*+1;;;;;/i1D3,16D2;3D3,6D2;3D3;;;;;. The van der Waals surface area contributed by atoms with Crippen molar-refractivity contribution in [2.24, 2.45) is 26.6 Å². The summed E-state index contributed by atoms with van der Waals surface area (Å²) in [5.74, 6) is 0. The molecule has 3 heterocycles. The Morgan fingerprint density at radius 2 is 0.722 bits per heavy atom. The lowest BCUT2D eigenvalue weighted by Gasteiger charge is -2.17.